The summed E-state index contributed by atoms with van der Waals surface area (Å²) in [4.78, 5) is 23.5. The fourth-order valence-electron chi connectivity index (χ4n) is 1.85. The molecule has 0 aromatic heterocycles. The highest BCUT2D eigenvalue weighted by Crippen LogP contribution is 2.04. The summed E-state index contributed by atoms with van der Waals surface area (Å²) in [7, 11) is 0. The molecule has 0 aliphatic carbocycles. The first-order chi connectivity index (χ1) is 9.15. The number of amides is 1. The zero-order chi connectivity index (χ0) is 14.1. The standard InChI is InChI=1S/C16H23NO2/c1-3-4-5-6-7-12-17-16(19)15(18)14-10-8-13(2)9-11-14/h8-11H,3-7,12H2,1-2H3,(H,17,19). The van der Waals surface area contributed by atoms with E-state index in [4.69, 9.17) is 0 Å². The van der Waals surface area contributed by atoms with Gasteiger partial charge in [0, 0.05) is 12.1 Å². The molecule has 1 amide bonds. The number of aryl methyl sites for hydroxylation is 1. The van der Waals surface area contributed by atoms with E-state index in [1.165, 1.54) is 19.3 Å². The Morgan fingerprint density at radius 1 is 1.00 bits per heavy atom. The van der Waals surface area contributed by atoms with Crippen molar-refractivity contribution in [3.05, 3.63) is 35.4 Å². The molecule has 0 radical (unpaired) electrons. The van der Waals surface area contributed by atoms with Crippen LogP contribution in [0.15, 0.2) is 24.3 Å². The summed E-state index contributed by atoms with van der Waals surface area (Å²) in [6, 6.07) is 7.06. The highest BCUT2D eigenvalue weighted by Gasteiger charge is 2.14. The number of carbonyl (C=O) groups is 2. The predicted octanol–water partition coefficient (Wildman–Crippen LogP) is 3.26. The van der Waals surface area contributed by atoms with Crippen molar-refractivity contribution in [2.45, 2.75) is 46.0 Å². The van der Waals surface area contributed by atoms with Gasteiger partial charge in [-0.3, -0.25) is 9.59 Å². The second-order valence-electron chi connectivity index (χ2n) is 4.87. The van der Waals surface area contributed by atoms with Crippen LogP contribution >= 0.6 is 0 Å². The summed E-state index contributed by atoms with van der Waals surface area (Å²) < 4.78 is 0. The van der Waals surface area contributed by atoms with Crippen LogP contribution in [0.2, 0.25) is 0 Å². The minimum atomic E-state index is -0.501. The summed E-state index contributed by atoms with van der Waals surface area (Å²) in [5.74, 6) is -0.951. The molecule has 0 atom stereocenters. The third kappa shape index (κ3) is 5.69. The average Bonchev–Trinajstić information content (AvgIpc) is 2.42. The van der Waals surface area contributed by atoms with E-state index in [1.54, 1.807) is 12.1 Å². The van der Waals surface area contributed by atoms with E-state index in [0.29, 0.717) is 12.1 Å². The van der Waals surface area contributed by atoms with Crippen LogP contribution in [0.5, 0.6) is 0 Å². The minimum Gasteiger partial charge on any atom is -0.349 e. The average molecular weight is 261 g/mol. The number of nitrogens with one attached hydrogen (secondary N) is 1. The van der Waals surface area contributed by atoms with Crippen molar-refractivity contribution in [3.63, 3.8) is 0 Å². The van der Waals surface area contributed by atoms with Crippen molar-refractivity contribution in [3.8, 4) is 0 Å². The van der Waals surface area contributed by atoms with Gasteiger partial charge in [0.1, 0.15) is 0 Å². The van der Waals surface area contributed by atoms with Crippen LogP contribution in [0, 0.1) is 6.92 Å². The quantitative estimate of drug-likeness (QED) is 0.443. The lowest BCUT2D eigenvalue weighted by Crippen LogP contribution is -2.31. The Bertz CT molecular complexity index is 409. The number of unbranched alkanes of at least 4 members (excludes halogenated alkanes) is 4. The molecular formula is C16H23NO2. The Kier molecular flexibility index (Phi) is 6.86. The fourth-order valence-corrected chi connectivity index (χ4v) is 1.85. The zero-order valence-corrected chi connectivity index (χ0v) is 11.9. The Morgan fingerprint density at radius 2 is 1.63 bits per heavy atom. The maximum absolute atomic E-state index is 11.8. The van der Waals surface area contributed by atoms with Gasteiger partial charge in [-0.25, -0.2) is 0 Å². The molecular weight excluding hydrogens is 238 g/mol. The predicted molar refractivity (Wildman–Crippen MR) is 77.3 cm³/mol. The zero-order valence-electron chi connectivity index (χ0n) is 11.9. The van der Waals surface area contributed by atoms with Crippen molar-refractivity contribution in [2.24, 2.45) is 0 Å². The first kappa shape index (κ1) is 15.4. The highest BCUT2D eigenvalue weighted by molar-refractivity contribution is 6.42. The van der Waals surface area contributed by atoms with E-state index >= 15 is 0 Å². The number of hydrogen-bond donors (Lipinski definition) is 1. The van der Waals surface area contributed by atoms with E-state index in [0.717, 1.165) is 18.4 Å². The van der Waals surface area contributed by atoms with Gasteiger partial charge in [-0.1, -0.05) is 62.4 Å². The number of rotatable bonds is 8. The number of benzene rings is 1. The van der Waals surface area contributed by atoms with Crippen LogP contribution in [0.3, 0.4) is 0 Å². The molecule has 3 heteroatoms. The van der Waals surface area contributed by atoms with Crippen LogP contribution < -0.4 is 5.32 Å². The molecule has 0 aliphatic heterocycles. The van der Waals surface area contributed by atoms with Crippen molar-refractivity contribution in [1.29, 1.82) is 0 Å². The monoisotopic (exact) mass is 261 g/mol. The Balaban J connectivity index is 2.29. The van der Waals surface area contributed by atoms with Crippen LogP contribution in [0.25, 0.3) is 0 Å². The smallest absolute Gasteiger partial charge is 0.292 e. The molecule has 0 unspecified atom stereocenters. The summed E-state index contributed by atoms with van der Waals surface area (Å²) in [5, 5.41) is 2.68. The van der Waals surface area contributed by atoms with E-state index in [1.807, 2.05) is 19.1 Å². The van der Waals surface area contributed by atoms with Gasteiger partial charge in [0.15, 0.2) is 0 Å². The third-order valence-corrected chi connectivity index (χ3v) is 3.09. The molecule has 104 valence electrons. The fraction of sp³-hybridized carbons (Fsp3) is 0.500. The molecule has 3 nitrogen and oxygen atoms in total. The van der Waals surface area contributed by atoms with Crippen LogP contribution in [0.1, 0.15) is 54.9 Å². The van der Waals surface area contributed by atoms with Crippen LogP contribution in [0.4, 0.5) is 0 Å². The maximum atomic E-state index is 11.8. The second-order valence-corrected chi connectivity index (χ2v) is 4.87. The topological polar surface area (TPSA) is 46.2 Å². The number of Topliss-reactive ketones (excluding diaryl/α,β-unsaturated/α-hetero) is 1. The summed E-state index contributed by atoms with van der Waals surface area (Å²) in [6.45, 7) is 4.70. The third-order valence-electron chi connectivity index (χ3n) is 3.09. The second kappa shape index (κ2) is 8.46. The van der Waals surface area contributed by atoms with E-state index < -0.39 is 11.7 Å². The van der Waals surface area contributed by atoms with Gasteiger partial charge in [-0.05, 0) is 13.3 Å². The molecule has 1 rings (SSSR count). The Hall–Kier alpha value is -1.64. The van der Waals surface area contributed by atoms with E-state index in [-0.39, 0.29) is 0 Å². The molecule has 0 aliphatic rings. The van der Waals surface area contributed by atoms with Crippen molar-refractivity contribution in [1.82, 2.24) is 5.32 Å². The molecule has 0 bridgehead atoms. The van der Waals surface area contributed by atoms with Gasteiger partial charge >= 0.3 is 0 Å². The van der Waals surface area contributed by atoms with Crippen molar-refractivity contribution < 1.29 is 9.59 Å². The molecule has 0 spiro atoms. The SMILES string of the molecule is CCCCCCCNC(=O)C(=O)c1ccc(C)cc1. The van der Waals surface area contributed by atoms with Gasteiger partial charge in [0.2, 0.25) is 5.78 Å². The lowest BCUT2D eigenvalue weighted by molar-refractivity contribution is -0.117. The molecule has 0 saturated carbocycles. The molecule has 1 aromatic carbocycles. The largest absolute Gasteiger partial charge is 0.349 e. The van der Waals surface area contributed by atoms with Crippen LogP contribution in [-0.2, 0) is 4.79 Å². The molecule has 19 heavy (non-hydrogen) atoms. The molecule has 0 saturated heterocycles. The van der Waals surface area contributed by atoms with Crippen molar-refractivity contribution in [2.75, 3.05) is 6.54 Å². The molecule has 0 heterocycles. The van der Waals surface area contributed by atoms with Gasteiger partial charge in [-0.15, -0.1) is 0 Å². The van der Waals surface area contributed by atoms with Gasteiger partial charge in [-0.2, -0.15) is 0 Å². The molecule has 0 fully saturated rings. The number of ketones is 1. The lowest BCUT2D eigenvalue weighted by Gasteiger charge is -2.04. The first-order valence-corrected chi connectivity index (χ1v) is 7.04. The normalized spacial score (nSPS) is 10.2. The summed E-state index contributed by atoms with van der Waals surface area (Å²) in [6.07, 6.45) is 5.67. The first-order valence-electron chi connectivity index (χ1n) is 7.04. The Morgan fingerprint density at radius 3 is 2.26 bits per heavy atom. The molecule has 1 aromatic rings. The summed E-state index contributed by atoms with van der Waals surface area (Å²) >= 11 is 0. The van der Waals surface area contributed by atoms with Crippen LogP contribution in [-0.4, -0.2) is 18.2 Å². The Labute approximate surface area is 115 Å². The van der Waals surface area contributed by atoms with Gasteiger partial charge in [0.05, 0.1) is 0 Å². The lowest BCUT2D eigenvalue weighted by atomic mass is 10.1. The maximum Gasteiger partial charge on any atom is 0.292 e. The van der Waals surface area contributed by atoms with Gasteiger partial charge < -0.3 is 5.32 Å². The molecule has 1 N–H and O–H groups in total. The van der Waals surface area contributed by atoms with E-state index in [2.05, 4.69) is 12.2 Å². The number of hydrogen-bond acceptors (Lipinski definition) is 2. The number of carbonyl (C=O) groups excluding carboxylic acids is 2. The highest BCUT2D eigenvalue weighted by atomic mass is 16.2. The minimum absolute atomic E-state index is 0.450. The van der Waals surface area contributed by atoms with E-state index in [9.17, 15) is 9.59 Å². The summed E-state index contributed by atoms with van der Waals surface area (Å²) in [5.41, 5.74) is 1.53. The van der Waals surface area contributed by atoms with Gasteiger partial charge in [0.25, 0.3) is 5.91 Å². The van der Waals surface area contributed by atoms with Crippen molar-refractivity contribution >= 4 is 11.7 Å².